The van der Waals surface area contributed by atoms with Crippen LogP contribution in [0.2, 0.25) is 0 Å². The Morgan fingerprint density at radius 2 is 2.19 bits per heavy atom. The summed E-state index contributed by atoms with van der Waals surface area (Å²) in [4.78, 5) is 17.8. The zero-order valence-electron chi connectivity index (χ0n) is 15.5. The SMILES string of the molecule is Cc1cnn(C2CCN(C(=O)NCc3ccc4[nH]c(C)c(C)c4c3)C2)c1. The molecule has 0 aliphatic carbocycles. The standard InChI is InChI=1S/C20H25N5O/c1-13-9-22-25(11-13)17-6-7-24(12-17)20(26)21-10-16-4-5-19-18(8-16)14(2)15(3)23-19/h4-5,8-9,11,17,23H,6-7,10,12H2,1-3H3,(H,21,26). The number of aryl methyl sites for hydroxylation is 3. The fourth-order valence-electron chi connectivity index (χ4n) is 3.68. The largest absolute Gasteiger partial charge is 0.358 e. The quantitative estimate of drug-likeness (QED) is 0.759. The van der Waals surface area contributed by atoms with E-state index in [9.17, 15) is 4.79 Å². The first-order chi connectivity index (χ1) is 12.5. The Labute approximate surface area is 153 Å². The van der Waals surface area contributed by atoms with E-state index in [1.54, 1.807) is 0 Å². The molecule has 1 aliphatic heterocycles. The molecule has 1 saturated heterocycles. The van der Waals surface area contributed by atoms with Gasteiger partial charge in [0, 0.05) is 42.4 Å². The molecule has 0 bridgehead atoms. The van der Waals surface area contributed by atoms with Crippen LogP contribution in [-0.2, 0) is 6.54 Å². The highest BCUT2D eigenvalue weighted by atomic mass is 16.2. The molecule has 1 aromatic carbocycles. The second-order valence-corrected chi connectivity index (χ2v) is 7.30. The zero-order chi connectivity index (χ0) is 18.3. The van der Waals surface area contributed by atoms with E-state index < -0.39 is 0 Å². The zero-order valence-corrected chi connectivity index (χ0v) is 15.5. The van der Waals surface area contributed by atoms with Crippen LogP contribution < -0.4 is 5.32 Å². The van der Waals surface area contributed by atoms with Gasteiger partial charge in [-0.25, -0.2) is 4.79 Å². The Balaban J connectivity index is 1.37. The van der Waals surface area contributed by atoms with Gasteiger partial charge in [0.1, 0.15) is 0 Å². The van der Waals surface area contributed by atoms with Crippen molar-refractivity contribution in [3.63, 3.8) is 0 Å². The van der Waals surface area contributed by atoms with E-state index in [1.165, 1.54) is 16.6 Å². The Kier molecular flexibility index (Phi) is 4.18. The van der Waals surface area contributed by atoms with Gasteiger partial charge in [-0.3, -0.25) is 4.68 Å². The van der Waals surface area contributed by atoms with Crippen molar-refractivity contribution in [2.75, 3.05) is 13.1 Å². The number of aromatic amines is 1. The lowest BCUT2D eigenvalue weighted by Gasteiger charge is -2.17. The van der Waals surface area contributed by atoms with Gasteiger partial charge in [0.25, 0.3) is 0 Å². The van der Waals surface area contributed by atoms with Crippen LogP contribution in [0.25, 0.3) is 10.9 Å². The fraction of sp³-hybridized carbons (Fsp3) is 0.400. The summed E-state index contributed by atoms with van der Waals surface area (Å²) >= 11 is 0. The average Bonchev–Trinajstić information content (AvgIpc) is 3.34. The minimum Gasteiger partial charge on any atom is -0.358 e. The Morgan fingerprint density at radius 1 is 1.35 bits per heavy atom. The maximum Gasteiger partial charge on any atom is 0.317 e. The Hall–Kier alpha value is -2.76. The van der Waals surface area contributed by atoms with E-state index in [2.05, 4.69) is 47.4 Å². The van der Waals surface area contributed by atoms with Crippen molar-refractivity contribution in [1.82, 2.24) is 25.0 Å². The molecule has 3 heterocycles. The maximum atomic E-state index is 12.5. The van der Waals surface area contributed by atoms with Gasteiger partial charge in [-0.1, -0.05) is 6.07 Å². The van der Waals surface area contributed by atoms with Gasteiger partial charge in [0.05, 0.1) is 12.2 Å². The van der Waals surface area contributed by atoms with Gasteiger partial charge < -0.3 is 15.2 Å². The van der Waals surface area contributed by atoms with Crippen LogP contribution in [0.3, 0.4) is 0 Å². The van der Waals surface area contributed by atoms with Crippen LogP contribution in [0.1, 0.15) is 34.8 Å². The minimum atomic E-state index is -0.00144. The molecule has 136 valence electrons. The summed E-state index contributed by atoms with van der Waals surface area (Å²) < 4.78 is 1.98. The Morgan fingerprint density at radius 3 is 2.96 bits per heavy atom. The van der Waals surface area contributed by atoms with Crippen molar-refractivity contribution >= 4 is 16.9 Å². The highest BCUT2D eigenvalue weighted by Crippen LogP contribution is 2.23. The first kappa shape index (κ1) is 16.7. The number of H-pyrrole nitrogens is 1. The minimum absolute atomic E-state index is 0.00144. The number of likely N-dealkylation sites (tertiary alicyclic amines) is 1. The van der Waals surface area contributed by atoms with Crippen LogP contribution in [0.4, 0.5) is 4.79 Å². The van der Waals surface area contributed by atoms with E-state index >= 15 is 0 Å². The molecule has 1 fully saturated rings. The molecule has 1 aliphatic rings. The van der Waals surface area contributed by atoms with E-state index in [1.807, 2.05) is 28.9 Å². The normalized spacial score (nSPS) is 17.2. The molecule has 2 amide bonds. The predicted molar refractivity (Wildman–Crippen MR) is 102 cm³/mol. The summed E-state index contributed by atoms with van der Waals surface area (Å²) in [5.41, 5.74) is 5.88. The molecule has 6 heteroatoms. The van der Waals surface area contributed by atoms with Gasteiger partial charge >= 0.3 is 6.03 Å². The Bertz CT molecular complexity index is 954. The number of benzene rings is 1. The number of aromatic nitrogens is 3. The van der Waals surface area contributed by atoms with Crippen molar-refractivity contribution in [2.45, 2.75) is 39.8 Å². The smallest absolute Gasteiger partial charge is 0.317 e. The molecular formula is C20H25N5O. The molecule has 3 aromatic rings. The topological polar surface area (TPSA) is 66.0 Å². The third-order valence-corrected chi connectivity index (χ3v) is 5.37. The van der Waals surface area contributed by atoms with Crippen LogP contribution in [-0.4, -0.2) is 38.8 Å². The van der Waals surface area contributed by atoms with Gasteiger partial charge in [0.2, 0.25) is 0 Å². The van der Waals surface area contributed by atoms with Crippen molar-refractivity contribution < 1.29 is 4.79 Å². The summed E-state index contributed by atoms with van der Waals surface area (Å²) in [6.07, 6.45) is 4.86. The van der Waals surface area contributed by atoms with E-state index in [4.69, 9.17) is 0 Å². The van der Waals surface area contributed by atoms with Crippen molar-refractivity contribution in [2.24, 2.45) is 0 Å². The number of hydrogen-bond donors (Lipinski definition) is 2. The number of rotatable bonds is 3. The first-order valence-electron chi connectivity index (χ1n) is 9.12. The highest BCUT2D eigenvalue weighted by Gasteiger charge is 2.27. The van der Waals surface area contributed by atoms with E-state index in [0.717, 1.165) is 29.6 Å². The van der Waals surface area contributed by atoms with Crippen molar-refractivity contribution in [3.05, 3.63) is 53.0 Å². The van der Waals surface area contributed by atoms with E-state index in [-0.39, 0.29) is 12.1 Å². The summed E-state index contributed by atoms with van der Waals surface area (Å²) in [5.74, 6) is 0. The fourth-order valence-corrected chi connectivity index (χ4v) is 3.68. The number of nitrogens with zero attached hydrogens (tertiary/aromatic N) is 3. The summed E-state index contributed by atoms with van der Waals surface area (Å²) in [5, 5.41) is 8.66. The van der Waals surface area contributed by atoms with Crippen LogP contribution in [0.5, 0.6) is 0 Å². The van der Waals surface area contributed by atoms with Crippen molar-refractivity contribution in [1.29, 1.82) is 0 Å². The van der Waals surface area contributed by atoms with Crippen LogP contribution >= 0.6 is 0 Å². The third kappa shape index (κ3) is 3.07. The second kappa shape index (κ2) is 6.52. The number of carbonyl (C=O) groups excluding carboxylic acids is 1. The molecule has 4 rings (SSSR count). The monoisotopic (exact) mass is 351 g/mol. The lowest BCUT2D eigenvalue weighted by molar-refractivity contribution is 0.206. The number of hydrogen-bond acceptors (Lipinski definition) is 2. The van der Waals surface area contributed by atoms with Crippen molar-refractivity contribution in [3.8, 4) is 0 Å². The molecule has 0 spiro atoms. The predicted octanol–water partition coefficient (Wildman–Crippen LogP) is 3.45. The summed E-state index contributed by atoms with van der Waals surface area (Å²) in [7, 11) is 0. The van der Waals surface area contributed by atoms with Crippen LogP contribution in [0, 0.1) is 20.8 Å². The first-order valence-corrected chi connectivity index (χ1v) is 9.12. The molecule has 2 aromatic heterocycles. The lowest BCUT2D eigenvalue weighted by atomic mass is 10.1. The number of amides is 2. The lowest BCUT2D eigenvalue weighted by Crippen LogP contribution is -2.38. The number of fused-ring (bicyclic) bond motifs is 1. The average molecular weight is 351 g/mol. The molecule has 0 saturated carbocycles. The molecule has 1 unspecified atom stereocenters. The maximum absolute atomic E-state index is 12.5. The molecule has 0 radical (unpaired) electrons. The van der Waals surface area contributed by atoms with Gasteiger partial charge in [-0.05, 0) is 56.0 Å². The van der Waals surface area contributed by atoms with Crippen LogP contribution in [0.15, 0.2) is 30.6 Å². The molecular weight excluding hydrogens is 326 g/mol. The summed E-state index contributed by atoms with van der Waals surface area (Å²) in [6, 6.07) is 6.59. The molecule has 26 heavy (non-hydrogen) atoms. The van der Waals surface area contributed by atoms with E-state index in [0.29, 0.717) is 13.1 Å². The van der Waals surface area contributed by atoms with Gasteiger partial charge in [-0.2, -0.15) is 5.10 Å². The van der Waals surface area contributed by atoms with Gasteiger partial charge in [0.15, 0.2) is 0 Å². The third-order valence-electron chi connectivity index (χ3n) is 5.37. The molecule has 6 nitrogen and oxygen atoms in total. The second-order valence-electron chi connectivity index (χ2n) is 7.30. The number of urea groups is 1. The number of carbonyl (C=O) groups is 1. The number of nitrogens with one attached hydrogen (secondary N) is 2. The van der Waals surface area contributed by atoms with Gasteiger partial charge in [-0.15, -0.1) is 0 Å². The molecule has 2 N–H and O–H groups in total. The molecule has 1 atom stereocenters. The summed E-state index contributed by atoms with van der Waals surface area (Å²) in [6.45, 7) is 8.26. The highest BCUT2D eigenvalue weighted by molar-refractivity contribution is 5.85.